The van der Waals surface area contributed by atoms with Crippen LogP contribution in [0.4, 0.5) is 11.4 Å². The number of methoxy groups -OCH3 is 1. The summed E-state index contributed by atoms with van der Waals surface area (Å²) in [7, 11) is 1.57. The zero-order valence-corrected chi connectivity index (χ0v) is 14.4. The maximum absolute atomic E-state index is 11.9. The number of ether oxygens (including phenoxy) is 1. The summed E-state index contributed by atoms with van der Waals surface area (Å²) in [5.74, 6) is -0.876. The quantitative estimate of drug-likeness (QED) is 0.468. The largest absolute Gasteiger partial charge is 0.497 e. The van der Waals surface area contributed by atoms with Crippen LogP contribution in [0.3, 0.4) is 0 Å². The fourth-order valence-corrected chi connectivity index (χ4v) is 2.31. The normalized spacial score (nSPS) is 10.1. The third-order valence-electron chi connectivity index (χ3n) is 3.71. The lowest BCUT2D eigenvalue weighted by Gasteiger charge is -2.09. The first kappa shape index (κ1) is 18.9. The molecule has 8 nitrogen and oxygen atoms in total. The van der Waals surface area contributed by atoms with Crippen molar-refractivity contribution in [2.24, 2.45) is 0 Å². The molecule has 0 spiro atoms. The standard InChI is InChI=1S/C18H19N3O5/c1-12-10-14(21(24)25)6-7-16(12)20-18(23)17(22)19-9-8-13-4-3-5-15(11-13)26-2/h3-7,10-11H,8-9H2,1-2H3,(H,19,22)(H,20,23). The molecule has 0 aliphatic heterocycles. The SMILES string of the molecule is COc1cccc(CCNC(=O)C(=O)Nc2ccc([N+](=O)[O-])cc2C)c1. The predicted octanol–water partition coefficient (Wildman–Crippen LogP) is 2.21. The first-order valence-electron chi connectivity index (χ1n) is 7.88. The van der Waals surface area contributed by atoms with Gasteiger partial charge in [0, 0.05) is 24.4 Å². The number of rotatable bonds is 6. The fraction of sp³-hybridized carbons (Fsp3) is 0.222. The zero-order valence-electron chi connectivity index (χ0n) is 14.4. The van der Waals surface area contributed by atoms with Gasteiger partial charge >= 0.3 is 11.8 Å². The number of benzene rings is 2. The summed E-state index contributed by atoms with van der Waals surface area (Å²) in [6, 6.07) is 11.4. The molecule has 0 unspecified atom stereocenters. The van der Waals surface area contributed by atoms with Crippen LogP contribution in [0.25, 0.3) is 0 Å². The van der Waals surface area contributed by atoms with Crippen LogP contribution in [0.1, 0.15) is 11.1 Å². The summed E-state index contributed by atoms with van der Waals surface area (Å²) in [5.41, 5.74) is 1.74. The Kier molecular flexibility index (Phi) is 6.26. The van der Waals surface area contributed by atoms with Crippen molar-refractivity contribution in [1.29, 1.82) is 0 Å². The van der Waals surface area contributed by atoms with Crippen molar-refractivity contribution in [2.75, 3.05) is 19.0 Å². The van der Waals surface area contributed by atoms with Gasteiger partial charge in [0.2, 0.25) is 0 Å². The van der Waals surface area contributed by atoms with Crippen LogP contribution in [-0.4, -0.2) is 30.4 Å². The molecule has 0 radical (unpaired) electrons. The number of anilines is 1. The summed E-state index contributed by atoms with van der Waals surface area (Å²) < 4.78 is 5.13. The summed E-state index contributed by atoms with van der Waals surface area (Å²) in [6.07, 6.45) is 0.548. The molecular formula is C18H19N3O5. The van der Waals surface area contributed by atoms with Crippen LogP contribution in [0.2, 0.25) is 0 Å². The van der Waals surface area contributed by atoms with Gasteiger partial charge in [-0.2, -0.15) is 0 Å². The van der Waals surface area contributed by atoms with Crippen molar-refractivity contribution in [2.45, 2.75) is 13.3 Å². The van der Waals surface area contributed by atoms with Gasteiger partial charge < -0.3 is 15.4 Å². The predicted molar refractivity (Wildman–Crippen MR) is 96.2 cm³/mol. The number of nitrogens with zero attached hydrogens (tertiary/aromatic N) is 1. The minimum atomic E-state index is -0.826. The van der Waals surface area contributed by atoms with Crippen LogP contribution < -0.4 is 15.4 Å². The molecule has 2 rings (SSSR count). The van der Waals surface area contributed by atoms with Gasteiger partial charge in [-0.25, -0.2) is 0 Å². The molecule has 2 aromatic carbocycles. The van der Waals surface area contributed by atoms with E-state index in [-0.39, 0.29) is 5.69 Å². The minimum Gasteiger partial charge on any atom is -0.497 e. The fourth-order valence-electron chi connectivity index (χ4n) is 2.31. The molecule has 0 bridgehead atoms. The van der Waals surface area contributed by atoms with Crippen molar-refractivity contribution >= 4 is 23.2 Å². The van der Waals surface area contributed by atoms with Gasteiger partial charge in [-0.3, -0.25) is 19.7 Å². The van der Waals surface area contributed by atoms with Gasteiger partial charge in [0.05, 0.1) is 12.0 Å². The van der Waals surface area contributed by atoms with E-state index in [1.807, 2.05) is 24.3 Å². The van der Waals surface area contributed by atoms with E-state index in [4.69, 9.17) is 4.74 Å². The van der Waals surface area contributed by atoms with E-state index in [1.54, 1.807) is 14.0 Å². The van der Waals surface area contributed by atoms with E-state index < -0.39 is 16.7 Å². The second kappa shape index (κ2) is 8.61. The molecule has 0 heterocycles. The molecule has 0 atom stereocenters. The molecule has 0 aliphatic carbocycles. The topological polar surface area (TPSA) is 111 Å². The highest BCUT2D eigenvalue weighted by atomic mass is 16.6. The van der Waals surface area contributed by atoms with Crippen LogP contribution in [-0.2, 0) is 16.0 Å². The Morgan fingerprint density at radius 2 is 1.92 bits per heavy atom. The monoisotopic (exact) mass is 357 g/mol. The molecule has 8 heteroatoms. The van der Waals surface area contributed by atoms with Crippen molar-refractivity contribution in [1.82, 2.24) is 5.32 Å². The molecule has 2 aromatic rings. The molecular weight excluding hydrogens is 338 g/mol. The molecule has 0 saturated heterocycles. The van der Waals surface area contributed by atoms with Crippen molar-refractivity contribution < 1.29 is 19.2 Å². The van der Waals surface area contributed by atoms with Gasteiger partial charge in [0.15, 0.2) is 0 Å². The number of aryl methyl sites for hydroxylation is 1. The van der Waals surface area contributed by atoms with Crippen molar-refractivity contribution in [3.05, 3.63) is 63.7 Å². The number of carbonyl (C=O) groups is 2. The highest BCUT2D eigenvalue weighted by Crippen LogP contribution is 2.21. The highest BCUT2D eigenvalue weighted by Gasteiger charge is 2.15. The Labute approximate surface area is 150 Å². The van der Waals surface area contributed by atoms with E-state index >= 15 is 0 Å². The number of amides is 2. The Bertz CT molecular complexity index is 835. The van der Waals surface area contributed by atoms with Crippen molar-refractivity contribution in [3.8, 4) is 5.75 Å². The Morgan fingerprint density at radius 1 is 1.15 bits per heavy atom. The summed E-state index contributed by atoms with van der Waals surface area (Å²) in [6.45, 7) is 1.90. The lowest BCUT2D eigenvalue weighted by molar-refractivity contribution is -0.384. The summed E-state index contributed by atoms with van der Waals surface area (Å²) >= 11 is 0. The molecule has 26 heavy (non-hydrogen) atoms. The number of hydrogen-bond donors (Lipinski definition) is 2. The van der Waals surface area contributed by atoms with Crippen LogP contribution >= 0.6 is 0 Å². The molecule has 0 fully saturated rings. The van der Waals surface area contributed by atoms with Gasteiger partial charge in [-0.15, -0.1) is 0 Å². The Morgan fingerprint density at radius 3 is 2.58 bits per heavy atom. The number of non-ortho nitro benzene ring substituents is 1. The summed E-state index contributed by atoms with van der Waals surface area (Å²) in [5, 5.41) is 15.7. The number of carbonyl (C=O) groups excluding carboxylic acids is 2. The highest BCUT2D eigenvalue weighted by molar-refractivity contribution is 6.39. The molecule has 2 amide bonds. The first-order chi connectivity index (χ1) is 12.4. The zero-order chi connectivity index (χ0) is 19.1. The first-order valence-corrected chi connectivity index (χ1v) is 7.88. The number of hydrogen-bond acceptors (Lipinski definition) is 5. The number of nitro benzene ring substituents is 1. The molecule has 0 aromatic heterocycles. The lowest BCUT2D eigenvalue weighted by Crippen LogP contribution is -2.36. The second-order valence-corrected chi connectivity index (χ2v) is 5.57. The van der Waals surface area contributed by atoms with E-state index in [9.17, 15) is 19.7 Å². The van der Waals surface area contributed by atoms with E-state index in [0.29, 0.717) is 24.2 Å². The lowest BCUT2D eigenvalue weighted by atomic mass is 10.1. The van der Waals surface area contributed by atoms with Crippen LogP contribution in [0.15, 0.2) is 42.5 Å². The minimum absolute atomic E-state index is 0.0803. The van der Waals surface area contributed by atoms with Gasteiger partial charge in [0.25, 0.3) is 5.69 Å². The van der Waals surface area contributed by atoms with Gasteiger partial charge in [-0.1, -0.05) is 12.1 Å². The van der Waals surface area contributed by atoms with Crippen molar-refractivity contribution in [3.63, 3.8) is 0 Å². The average molecular weight is 357 g/mol. The Balaban J connectivity index is 1.87. The smallest absolute Gasteiger partial charge is 0.313 e. The summed E-state index contributed by atoms with van der Waals surface area (Å²) in [4.78, 5) is 34.0. The molecule has 0 saturated carbocycles. The van der Waals surface area contributed by atoms with E-state index in [0.717, 1.165) is 11.3 Å². The van der Waals surface area contributed by atoms with E-state index in [1.165, 1.54) is 18.2 Å². The van der Waals surface area contributed by atoms with Gasteiger partial charge in [0.1, 0.15) is 5.75 Å². The average Bonchev–Trinajstić information content (AvgIpc) is 2.63. The number of nitrogens with one attached hydrogen (secondary N) is 2. The van der Waals surface area contributed by atoms with E-state index in [2.05, 4.69) is 10.6 Å². The molecule has 136 valence electrons. The molecule has 2 N–H and O–H groups in total. The number of nitro groups is 1. The Hall–Kier alpha value is -3.42. The second-order valence-electron chi connectivity index (χ2n) is 5.57. The maximum atomic E-state index is 11.9. The third kappa shape index (κ3) is 5.04. The third-order valence-corrected chi connectivity index (χ3v) is 3.71. The van der Waals surface area contributed by atoms with Gasteiger partial charge in [-0.05, 0) is 42.7 Å². The maximum Gasteiger partial charge on any atom is 0.313 e. The van der Waals surface area contributed by atoms with Crippen LogP contribution in [0.5, 0.6) is 5.75 Å². The molecule has 0 aliphatic rings. The van der Waals surface area contributed by atoms with Crippen LogP contribution in [0, 0.1) is 17.0 Å².